The summed E-state index contributed by atoms with van der Waals surface area (Å²) in [5.41, 5.74) is -0.0694. The zero-order chi connectivity index (χ0) is 13.9. The van der Waals surface area contributed by atoms with Gasteiger partial charge < -0.3 is 15.4 Å². The van der Waals surface area contributed by atoms with Gasteiger partial charge in [-0.1, -0.05) is 0 Å². The van der Waals surface area contributed by atoms with E-state index >= 15 is 0 Å². The van der Waals surface area contributed by atoms with E-state index < -0.39 is 17.0 Å². The number of rotatable bonds is 1. The molecule has 3 N–H and O–H groups in total. The molecule has 5 nitrogen and oxygen atoms in total. The Morgan fingerprint density at radius 1 is 1.11 bits per heavy atom. The lowest BCUT2D eigenvalue weighted by Gasteiger charge is -2.34. The Labute approximate surface area is 105 Å². The summed E-state index contributed by atoms with van der Waals surface area (Å²) in [4.78, 5) is 11.0. The number of hydrogen-bond donors (Lipinski definition) is 3. The molecular weight excluding hydrogens is 234 g/mol. The second-order valence-corrected chi connectivity index (χ2v) is 5.65. The van der Waals surface area contributed by atoms with Gasteiger partial charge in [-0.05, 0) is 51.0 Å². The highest BCUT2D eigenvalue weighted by Crippen LogP contribution is 2.49. The highest BCUT2D eigenvalue weighted by molar-refractivity contribution is 5.91. The number of hydroxylamine groups is 2. The molecule has 0 aromatic heterocycles. The number of fused-ring (bicyclic) bond motifs is 1. The van der Waals surface area contributed by atoms with Crippen LogP contribution in [-0.4, -0.2) is 26.5 Å². The van der Waals surface area contributed by atoms with Crippen LogP contribution < -0.4 is 0 Å². The normalized spacial score (nSPS) is 20.7. The number of carboxylic acid groups (broad SMARTS) is 1. The lowest BCUT2D eigenvalue weighted by molar-refractivity contribution is -0.216. The zero-order valence-electron chi connectivity index (χ0n) is 10.9. The number of aromatic hydroxyl groups is 1. The lowest BCUT2D eigenvalue weighted by Crippen LogP contribution is -2.42. The van der Waals surface area contributed by atoms with Gasteiger partial charge in [-0.3, -0.25) is 0 Å². The van der Waals surface area contributed by atoms with Crippen molar-refractivity contribution in [3.8, 4) is 5.75 Å². The summed E-state index contributed by atoms with van der Waals surface area (Å²) in [6, 6.07) is 2.86. The van der Waals surface area contributed by atoms with E-state index in [-0.39, 0.29) is 11.3 Å². The molecule has 0 radical (unpaired) electrons. The standard InChI is InChI=1S/C13H17NO4/c1-12(2)8-5-7(11(16)17)10(15)6-9(8)13(3,4)14(12)18/h5-6,15,18H,1-4H3,(H,16,17). The van der Waals surface area contributed by atoms with Crippen LogP contribution in [0.1, 0.15) is 49.2 Å². The van der Waals surface area contributed by atoms with E-state index in [1.54, 1.807) is 0 Å². The molecule has 0 saturated heterocycles. The van der Waals surface area contributed by atoms with Crippen LogP contribution in [0.2, 0.25) is 0 Å². The number of carboxylic acids is 1. The van der Waals surface area contributed by atoms with Crippen LogP contribution >= 0.6 is 0 Å². The molecular formula is C13H17NO4. The van der Waals surface area contributed by atoms with Crippen molar-refractivity contribution in [3.05, 3.63) is 28.8 Å². The Morgan fingerprint density at radius 2 is 1.56 bits per heavy atom. The van der Waals surface area contributed by atoms with Gasteiger partial charge in [0.1, 0.15) is 11.3 Å². The Hall–Kier alpha value is -1.59. The van der Waals surface area contributed by atoms with Gasteiger partial charge in [-0.15, -0.1) is 0 Å². The minimum absolute atomic E-state index is 0.145. The third-order valence-corrected chi connectivity index (χ3v) is 3.74. The smallest absolute Gasteiger partial charge is 0.339 e. The molecule has 1 heterocycles. The van der Waals surface area contributed by atoms with Gasteiger partial charge in [0, 0.05) is 0 Å². The monoisotopic (exact) mass is 251 g/mol. The van der Waals surface area contributed by atoms with Crippen LogP contribution in [0.3, 0.4) is 0 Å². The third kappa shape index (κ3) is 1.44. The molecule has 0 atom stereocenters. The molecule has 98 valence electrons. The van der Waals surface area contributed by atoms with Crippen molar-refractivity contribution in [2.75, 3.05) is 0 Å². The molecule has 0 unspecified atom stereocenters. The van der Waals surface area contributed by atoms with Gasteiger partial charge in [0.05, 0.1) is 11.1 Å². The molecule has 1 aromatic rings. The molecule has 5 heteroatoms. The zero-order valence-corrected chi connectivity index (χ0v) is 10.9. The largest absolute Gasteiger partial charge is 0.507 e. The number of phenols is 1. The van der Waals surface area contributed by atoms with E-state index in [1.165, 1.54) is 17.2 Å². The maximum absolute atomic E-state index is 11.0. The molecule has 1 aromatic carbocycles. The van der Waals surface area contributed by atoms with Crippen molar-refractivity contribution >= 4 is 5.97 Å². The van der Waals surface area contributed by atoms with Gasteiger partial charge in [0.15, 0.2) is 0 Å². The molecule has 18 heavy (non-hydrogen) atoms. The molecule has 0 saturated carbocycles. The minimum Gasteiger partial charge on any atom is -0.507 e. The number of nitrogens with zero attached hydrogens (tertiary/aromatic N) is 1. The van der Waals surface area contributed by atoms with Crippen molar-refractivity contribution < 1.29 is 20.2 Å². The summed E-state index contributed by atoms with van der Waals surface area (Å²) < 4.78 is 0. The Kier molecular flexibility index (Phi) is 2.47. The molecule has 1 aliphatic heterocycles. The number of benzene rings is 1. The quantitative estimate of drug-likeness (QED) is 0.713. The highest BCUT2D eigenvalue weighted by Gasteiger charge is 2.49. The van der Waals surface area contributed by atoms with E-state index in [2.05, 4.69) is 0 Å². The van der Waals surface area contributed by atoms with E-state index in [0.29, 0.717) is 5.56 Å². The molecule has 0 amide bonds. The van der Waals surface area contributed by atoms with Crippen molar-refractivity contribution in [1.29, 1.82) is 0 Å². The van der Waals surface area contributed by atoms with E-state index in [0.717, 1.165) is 5.56 Å². The van der Waals surface area contributed by atoms with Crippen molar-refractivity contribution in [2.24, 2.45) is 0 Å². The van der Waals surface area contributed by atoms with Gasteiger partial charge >= 0.3 is 5.97 Å². The summed E-state index contributed by atoms with van der Waals surface area (Å²) in [6.45, 7) is 7.26. The Balaban J connectivity index is 2.76. The van der Waals surface area contributed by atoms with Crippen LogP contribution in [0.15, 0.2) is 12.1 Å². The van der Waals surface area contributed by atoms with Crippen molar-refractivity contribution in [1.82, 2.24) is 5.06 Å². The number of aromatic carboxylic acids is 1. The van der Waals surface area contributed by atoms with E-state index in [4.69, 9.17) is 5.11 Å². The Morgan fingerprint density at radius 3 is 2.00 bits per heavy atom. The predicted molar refractivity (Wildman–Crippen MR) is 64.7 cm³/mol. The number of hydrogen-bond acceptors (Lipinski definition) is 4. The molecule has 0 fully saturated rings. The van der Waals surface area contributed by atoms with Crippen LogP contribution in [-0.2, 0) is 11.1 Å². The maximum Gasteiger partial charge on any atom is 0.339 e. The van der Waals surface area contributed by atoms with Gasteiger partial charge in [-0.2, -0.15) is 5.06 Å². The molecule has 0 bridgehead atoms. The predicted octanol–water partition coefficient (Wildman–Crippen LogP) is 2.27. The highest BCUT2D eigenvalue weighted by atomic mass is 16.5. The summed E-state index contributed by atoms with van der Waals surface area (Å²) in [7, 11) is 0. The lowest BCUT2D eigenvalue weighted by atomic mass is 9.89. The van der Waals surface area contributed by atoms with Gasteiger partial charge in [0.2, 0.25) is 0 Å². The summed E-state index contributed by atoms with van der Waals surface area (Å²) in [6.07, 6.45) is 0. The SMILES string of the molecule is CC1(C)c2cc(O)c(C(=O)O)cc2C(C)(C)N1O. The number of carbonyl (C=O) groups is 1. The van der Waals surface area contributed by atoms with Crippen LogP contribution in [0.25, 0.3) is 0 Å². The summed E-state index contributed by atoms with van der Waals surface area (Å²) in [5, 5.41) is 30.2. The minimum atomic E-state index is -1.18. The molecule has 0 spiro atoms. The van der Waals surface area contributed by atoms with E-state index in [1.807, 2.05) is 27.7 Å². The Bertz CT molecular complexity index is 534. The summed E-state index contributed by atoms with van der Waals surface area (Å²) in [5.74, 6) is -1.46. The van der Waals surface area contributed by atoms with Crippen LogP contribution in [0.5, 0.6) is 5.75 Å². The van der Waals surface area contributed by atoms with Gasteiger partial charge in [0.25, 0.3) is 0 Å². The first kappa shape index (κ1) is 12.9. The average molecular weight is 251 g/mol. The molecule has 0 aliphatic carbocycles. The average Bonchev–Trinajstić information content (AvgIpc) is 2.37. The molecule has 2 rings (SSSR count). The van der Waals surface area contributed by atoms with Gasteiger partial charge in [-0.25, -0.2) is 4.79 Å². The fraction of sp³-hybridized carbons (Fsp3) is 0.462. The topological polar surface area (TPSA) is 81.0 Å². The first-order valence-corrected chi connectivity index (χ1v) is 5.70. The first-order valence-electron chi connectivity index (χ1n) is 5.70. The molecule has 1 aliphatic rings. The summed E-state index contributed by atoms with van der Waals surface area (Å²) >= 11 is 0. The van der Waals surface area contributed by atoms with Crippen LogP contribution in [0.4, 0.5) is 0 Å². The first-order chi connectivity index (χ1) is 8.10. The van der Waals surface area contributed by atoms with Crippen LogP contribution in [0, 0.1) is 0 Å². The maximum atomic E-state index is 11.0. The van der Waals surface area contributed by atoms with Crippen molar-refractivity contribution in [2.45, 2.75) is 38.8 Å². The fourth-order valence-electron chi connectivity index (χ4n) is 2.70. The fourth-order valence-corrected chi connectivity index (χ4v) is 2.70. The van der Waals surface area contributed by atoms with E-state index in [9.17, 15) is 15.1 Å². The van der Waals surface area contributed by atoms with Crippen molar-refractivity contribution in [3.63, 3.8) is 0 Å². The second kappa shape index (κ2) is 3.46. The third-order valence-electron chi connectivity index (χ3n) is 3.74. The second-order valence-electron chi connectivity index (χ2n) is 5.65.